The average molecular weight is 340 g/mol. The second-order valence-corrected chi connectivity index (χ2v) is 5.87. The Balaban J connectivity index is 2.06. The standard InChI is InChI=1S/C15H16BrClN2/c1-19(2)15-7-6-13(9-14(15)17)18-10-11-4-3-5-12(16)8-11/h3-9,18H,10H2,1-2H3. The quantitative estimate of drug-likeness (QED) is 0.862. The first kappa shape index (κ1) is 14.2. The summed E-state index contributed by atoms with van der Waals surface area (Å²) in [5, 5.41) is 4.13. The van der Waals surface area contributed by atoms with Crippen LogP contribution in [0.1, 0.15) is 5.56 Å². The number of hydrogen-bond acceptors (Lipinski definition) is 2. The van der Waals surface area contributed by atoms with Gasteiger partial charge in [0.05, 0.1) is 10.7 Å². The minimum atomic E-state index is 0.754. The molecule has 4 heteroatoms. The number of nitrogens with one attached hydrogen (secondary N) is 1. The van der Waals surface area contributed by atoms with Crippen molar-refractivity contribution in [3.8, 4) is 0 Å². The molecule has 2 rings (SSSR count). The minimum absolute atomic E-state index is 0.754. The van der Waals surface area contributed by atoms with E-state index in [-0.39, 0.29) is 0 Å². The molecule has 2 nitrogen and oxygen atoms in total. The van der Waals surface area contributed by atoms with E-state index in [1.165, 1.54) is 5.56 Å². The van der Waals surface area contributed by atoms with Gasteiger partial charge in [-0.15, -0.1) is 0 Å². The smallest absolute Gasteiger partial charge is 0.0659 e. The van der Waals surface area contributed by atoms with Gasteiger partial charge in [-0.1, -0.05) is 39.7 Å². The number of benzene rings is 2. The van der Waals surface area contributed by atoms with Gasteiger partial charge in [0.1, 0.15) is 0 Å². The van der Waals surface area contributed by atoms with Gasteiger partial charge in [0, 0.05) is 30.8 Å². The molecule has 19 heavy (non-hydrogen) atoms. The Hall–Kier alpha value is -1.19. The van der Waals surface area contributed by atoms with Crippen molar-refractivity contribution in [3.05, 3.63) is 57.5 Å². The molecule has 0 saturated heterocycles. The minimum Gasteiger partial charge on any atom is -0.381 e. The summed E-state index contributed by atoms with van der Waals surface area (Å²) in [6.07, 6.45) is 0. The second-order valence-electron chi connectivity index (χ2n) is 4.54. The van der Waals surface area contributed by atoms with Crippen molar-refractivity contribution in [1.82, 2.24) is 0 Å². The van der Waals surface area contributed by atoms with Crippen LogP contribution in [-0.4, -0.2) is 14.1 Å². The Labute approximate surface area is 127 Å². The fourth-order valence-corrected chi connectivity index (χ4v) is 2.63. The maximum atomic E-state index is 6.24. The molecule has 0 bridgehead atoms. The molecule has 0 aromatic heterocycles. The van der Waals surface area contributed by atoms with E-state index in [9.17, 15) is 0 Å². The third-order valence-electron chi connectivity index (χ3n) is 2.82. The molecule has 2 aromatic rings. The van der Waals surface area contributed by atoms with Crippen LogP contribution in [0, 0.1) is 0 Å². The predicted molar refractivity (Wildman–Crippen MR) is 87.2 cm³/mol. The van der Waals surface area contributed by atoms with Crippen LogP contribution < -0.4 is 10.2 Å². The van der Waals surface area contributed by atoms with Crippen LogP contribution in [0.4, 0.5) is 11.4 Å². The van der Waals surface area contributed by atoms with Crippen LogP contribution in [0.5, 0.6) is 0 Å². The van der Waals surface area contributed by atoms with Crippen LogP contribution in [0.25, 0.3) is 0 Å². The van der Waals surface area contributed by atoms with E-state index in [1.54, 1.807) is 0 Å². The number of nitrogens with zero attached hydrogens (tertiary/aromatic N) is 1. The van der Waals surface area contributed by atoms with Crippen molar-refractivity contribution in [2.75, 3.05) is 24.3 Å². The molecular formula is C15H16BrClN2. The van der Waals surface area contributed by atoms with Gasteiger partial charge >= 0.3 is 0 Å². The Morgan fingerprint density at radius 2 is 1.95 bits per heavy atom. The SMILES string of the molecule is CN(C)c1ccc(NCc2cccc(Br)c2)cc1Cl. The first-order valence-electron chi connectivity index (χ1n) is 6.01. The lowest BCUT2D eigenvalue weighted by Gasteiger charge is -2.15. The van der Waals surface area contributed by atoms with E-state index < -0.39 is 0 Å². The summed E-state index contributed by atoms with van der Waals surface area (Å²) in [6.45, 7) is 0.775. The summed E-state index contributed by atoms with van der Waals surface area (Å²) in [5.41, 5.74) is 3.27. The molecule has 0 amide bonds. The summed E-state index contributed by atoms with van der Waals surface area (Å²) in [4.78, 5) is 2.00. The van der Waals surface area contributed by atoms with Crippen molar-refractivity contribution in [2.24, 2.45) is 0 Å². The van der Waals surface area contributed by atoms with Gasteiger partial charge in [-0.05, 0) is 35.9 Å². The molecule has 0 radical (unpaired) electrons. The third kappa shape index (κ3) is 3.88. The topological polar surface area (TPSA) is 15.3 Å². The van der Waals surface area contributed by atoms with Gasteiger partial charge in [0.2, 0.25) is 0 Å². The molecule has 1 N–H and O–H groups in total. The highest BCUT2D eigenvalue weighted by molar-refractivity contribution is 9.10. The predicted octanol–water partition coefficient (Wildman–Crippen LogP) is 4.78. The maximum absolute atomic E-state index is 6.24. The van der Waals surface area contributed by atoms with E-state index in [4.69, 9.17) is 11.6 Å². The number of rotatable bonds is 4. The Morgan fingerprint density at radius 3 is 2.58 bits per heavy atom. The highest BCUT2D eigenvalue weighted by Gasteiger charge is 2.03. The highest BCUT2D eigenvalue weighted by Crippen LogP contribution is 2.27. The Kier molecular flexibility index (Phi) is 4.72. The van der Waals surface area contributed by atoms with Crippen LogP contribution in [0.2, 0.25) is 5.02 Å². The lowest BCUT2D eigenvalue weighted by Crippen LogP contribution is -2.09. The molecule has 2 aromatic carbocycles. The number of anilines is 2. The first-order chi connectivity index (χ1) is 9.06. The summed E-state index contributed by atoms with van der Waals surface area (Å²) < 4.78 is 1.09. The fourth-order valence-electron chi connectivity index (χ4n) is 1.83. The summed E-state index contributed by atoms with van der Waals surface area (Å²) in [5.74, 6) is 0. The zero-order chi connectivity index (χ0) is 13.8. The molecule has 0 fully saturated rings. The van der Waals surface area contributed by atoms with Crippen molar-refractivity contribution < 1.29 is 0 Å². The van der Waals surface area contributed by atoms with Crippen LogP contribution >= 0.6 is 27.5 Å². The van der Waals surface area contributed by atoms with E-state index in [1.807, 2.05) is 49.3 Å². The van der Waals surface area contributed by atoms with Gasteiger partial charge < -0.3 is 10.2 Å². The Bertz CT molecular complexity index is 570. The Morgan fingerprint density at radius 1 is 1.16 bits per heavy atom. The summed E-state index contributed by atoms with van der Waals surface area (Å²) in [7, 11) is 3.96. The van der Waals surface area contributed by atoms with E-state index >= 15 is 0 Å². The van der Waals surface area contributed by atoms with Crippen molar-refractivity contribution in [3.63, 3.8) is 0 Å². The van der Waals surface area contributed by atoms with Gasteiger partial charge in [0.25, 0.3) is 0 Å². The second kappa shape index (κ2) is 6.31. The van der Waals surface area contributed by atoms with Crippen molar-refractivity contribution in [1.29, 1.82) is 0 Å². The van der Waals surface area contributed by atoms with E-state index in [0.717, 1.165) is 27.4 Å². The normalized spacial score (nSPS) is 10.3. The molecule has 0 aliphatic carbocycles. The number of halogens is 2. The van der Waals surface area contributed by atoms with Crippen LogP contribution in [-0.2, 0) is 6.54 Å². The van der Waals surface area contributed by atoms with Gasteiger partial charge in [-0.3, -0.25) is 0 Å². The molecule has 100 valence electrons. The van der Waals surface area contributed by atoms with Crippen molar-refractivity contribution in [2.45, 2.75) is 6.54 Å². The first-order valence-corrected chi connectivity index (χ1v) is 7.18. The van der Waals surface area contributed by atoms with Gasteiger partial charge in [-0.25, -0.2) is 0 Å². The summed E-state index contributed by atoms with van der Waals surface area (Å²) >= 11 is 9.71. The molecule has 0 saturated carbocycles. The average Bonchev–Trinajstić information content (AvgIpc) is 2.36. The molecule has 0 heterocycles. The van der Waals surface area contributed by atoms with Gasteiger partial charge in [-0.2, -0.15) is 0 Å². The molecule has 0 aliphatic heterocycles. The number of hydrogen-bond donors (Lipinski definition) is 1. The maximum Gasteiger partial charge on any atom is 0.0659 e. The third-order valence-corrected chi connectivity index (χ3v) is 3.61. The zero-order valence-corrected chi connectivity index (χ0v) is 13.3. The zero-order valence-electron chi connectivity index (χ0n) is 11.0. The lowest BCUT2D eigenvalue weighted by molar-refractivity contribution is 1.12. The van der Waals surface area contributed by atoms with Crippen LogP contribution in [0.15, 0.2) is 46.9 Å². The molecule has 0 aliphatic rings. The van der Waals surface area contributed by atoms with E-state index in [0.29, 0.717) is 0 Å². The largest absolute Gasteiger partial charge is 0.381 e. The monoisotopic (exact) mass is 338 g/mol. The highest BCUT2D eigenvalue weighted by atomic mass is 79.9. The van der Waals surface area contributed by atoms with Gasteiger partial charge in [0.15, 0.2) is 0 Å². The molecule has 0 unspecified atom stereocenters. The molecule has 0 spiro atoms. The van der Waals surface area contributed by atoms with E-state index in [2.05, 4.69) is 33.4 Å². The van der Waals surface area contributed by atoms with Crippen LogP contribution in [0.3, 0.4) is 0 Å². The lowest BCUT2D eigenvalue weighted by atomic mass is 10.2. The fraction of sp³-hybridized carbons (Fsp3) is 0.200. The van der Waals surface area contributed by atoms with Crippen molar-refractivity contribution >= 4 is 38.9 Å². The summed E-state index contributed by atoms with van der Waals surface area (Å²) in [6, 6.07) is 14.3. The molecule has 0 atom stereocenters. The molecular weight excluding hydrogens is 324 g/mol.